The molecular formula is C32H40NO14P. The fraction of sp³-hybridized carbons (Fsp3) is 0.531. The summed E-state index contributed by atoms with van der Waals surface area (Å²) >= 11 is 0. The Labute approximate surface area is 276 Å². The molecule has 16 heteroatoms. The Morgan fingerprint density at radius 1 is 1.08 bits per heavy atom. The molecule has 0 saturated carbocycles. The molecule has 262 valence electrons. The van der Waals surface area contributed by atoms with E-state index >= 15 is 0 Å². The number of phenols is 2. The number of ether oxygens (including phenoxy) is 4. The van der Waals surface area contributed by atoms with Crippen LogP contribution in [0.4, 0.5) is 0 Å². The van der Waals surface area contributed by atoms with Crippen molar-refractivity contribution in [2.75, 3.05) is 33.3 Å². The number of fused-ring (bicyclic) bond motifs is 3. The van der Waals surface area contributed by atoms with E-state index in [1.165, 1.54) is 25.3 Å². The molecule has 3 aliphatic rings. The third-order valence-corrected chi connectivity index (χ3v) is 10.6. The van der Waals surface area contributed by atoms with Crippen LogP contribution in [-0.4, -0.2) is 101 Å². The largest absolute Gasteiger partial charge is 0.507 e. The second-order valence-electron chi connectivity index (χ2n) is 11.9. The van der Waals surface area contributed by atoms with Crippen LogP contribution in [0.25, 0.3) is 0 Å². The zero-order valence-corrected chi connectivity index (χ0v) is 27.9. The highest BCUT2D eigenvalue weighted by molar-refractivity contribution is 7.53. The fourth-order valence-corrected chi connectivity index (χ4v) is 8.05. The molecule has 15 nitrogen and oxygen atoms in total. The molecule has 0 radical (unpaired) electrons. The third-order valence-electron chi connectivity index (χ3n) is 8.85. The van der Waals surface area contributed by atoms with Crippen LogP contribution in [0.2, 0.25) is 0 Å². The van der Waals surface area contributed by atoms with E-state index in [2.05, 4.69) is 0 Å². The van der Waals surface area contributed by atoms with Crippen molar-refractivity contribution < 1.29 is 67.4 Å². The van der Waals surface area contributed by atoms with Gasteiger partial charge in [0.1, 0.15) is 35.8 Å². The molecule has 1 aliphatic heterocycles. The van der Waals surface area contributed by atoms with Gasteiger partial charge in [-0.2, -0.15) is 0 Å². The van der Waals surface area contributed by atoms with Gasteiger partial charge in [-0.05, 0) is 26.8 Å². The number of carbonyl (C=O) groups is 3. The van der Waals surface area contributed by atoms with E-state index in [4.69, 9.17) is 33.7 Å². The summed E-state index contributed by atoms with van der Waals surface area (Å²) in [4.78, 5) is 40.3. The summed E-state index contributed by atoms with van der Waals surface area (Å²) in [6.07, 6.45) is -5.54. The van der Waals surface area contributed by atoms with Gasteiger partial charge in [-0.1, -0.05) is 12.1 Å². The highest BCUT2D eigenvalue weighted by Gasteiger charge is 2.50. The monoisotopic (exact) mass is 693 g/mol. The first-order valence-corrected chi connectivity index (χ1v) is 17.3. The summed E-state index contributed by atoms with van der Waals surface area (Å²) < 4.78 is 46.9. The lowest BCUT2D eigenvalue weighted by molar-refractivity contribution is -0.251. The smallest absolute Gasteiger partial charge is 0.356 e. The van der Waals surface area contributed by atoms with Gasteiger partial charge in [0.25, 0.3) is 0 Å². The zero-order valence-electron chi connectivity index (χ0n) is 27.0. The van der Waals surface area contributed by atoms with Crippen LogP contribution in [0.3, 0.4) is 0 Å². The number of rotatable bonds is 12. The second-order valence-corrected chi connectivity index (χ2v) is 13.9. The molecule has 6 atom stereocenters. The van der Waals surface area contributed by atoms with E-state index in [0.29, 0.717) is 0 Å². The Kier molecular flexibility index (Phi) is 10.5. The summed E-state index contributed by atoms with van der Waals surface area (Å²) in [5.41, 5.74) is 2.63. The molecule has 2 aromatic rings. The number of hydrogen-bond donors (Lipinski definition) is 5. The van der Waals surface area contributed by atoms with Gasteiger partial charge >= 0.3 is 7.60 Å². The molecule has 6 N–H and O–H groups in total. The normalized spacial score (nSPS) is 26.9. The van der Waals surface area contributed by atoms with Crippen molar-refractivity contribution in [3.63, 3.8) is 0 Å². The van der Waals surface area contributed by atoms with Crippen LogP contribution >= 0.6 is 7.60 Å². The maximum atomic E-state index is 13.8. The minimum Gasteiger partial charge on any atom is -0.507 e. The molecule has 0 amide bonds. The Balaban J connectivity index is 1.50. The van der Waals surface area contributed by atoms with Crippen LogP contribution in [0.15, 0.2) is 18.2 Å². The summed E-state index contributed by atoms with van der Waals surface area (Å²) in [5, 5.41) is 44.3. The minimum absolute atomic E-state index is 0.0134. The van der Waals surface area contributed by atoms with Crippen molar-refractivity contribution in [3.05, 3.63) is 51.6 Å². The van der Waals surface area contributed by atoms with Crippen LogP contribution < -0.4 is 10.5 Å². The number of hydrogen-bond acceptors (Lipinski definition) is 15. The molecule has 1 saturated heterocycles. The predicted octanol–water partition coefficient (Wildman–Crippen LogP) is 2.25. The fourth-order valence-electron chi connectivity index (χ4n) is 6.68. The lowest BCUT2D eigenvalue weighted by Gasteiger charge is -2.43. The number of ketones is 3. The van der Waals surface area contributed by atoms with Crippen molar-refractivity contribution in [1.29, 1.82) is 0 Å². The summed E-state index contributed by atoms with van der Waals surface area (Å²) in [6.45, 7) is 4.20. The van der Waals surface area contributed by atoms with E-state index < -0.39 is 103 Å². The number of aliphatic hydroxyl groups excluding tert-OH is 1. The number of benzene rings is 2. The Morgan fingerprint density at radius 3 is 2.35 bits per heavy atom. The first kappa shape index (κ1) is 36.1. The molecule has 0 bridgehead atoms. The minimum atomic E-state index is -3.56. The Hall–Kier alpha value is -3.24. The van der Waals surface area contributed by atoms with Gasteiger partial charge in [0.05, 0.1) is 55.3 Å². The van der Waals surface area contributed by atoms with Crippen LogP contribution in [0, 0.1) is 0 Å². The Bertz CT molecular complexity index is 1640. The van der Waals surface area contributed by atoms with Crippen molar-refractivity contribution in [2.24, 2.45) is 5.73 Å². The molecule has 0 spiro atoms. The first-order chi connectivity index (χ1) is 22.7. The van der Waals surface area contributed by atoms with Gasteiger partial charge in [-0.15, -0.1) is 0 Å². The number of aromatic hydroxyl groups is 2. The summed E-state index contributed by atoms with van der Waals surface area (Å²) in [6, 6.07) is 3.60. The van der Waals surface area contributed by atoms with Gasteiger partial charge in [0.15, 0.2) is 17.9 Å². The van der Waals surface area contributed by atoms with Crippen molar-refractivity contribution in [3.8, 4) is 17.2 Å². The molecular weight excluding hydrogens is 653 g/mol. The molecule has 0 aromatic heterocycles. The number of aliphatic hydroxyl groups is 2. The van der Waals surface area contributed by atoms with Crippen LogP contribution in [0.1, 0.15) is 82.7 Å². The molecule has 1 heterocycles. The highest BCUT2D eigenvalue weighted by Crippen LogP contribution is 2.53. The zero-order chi connectivity index (χ0) is 35.1. The lowest BCUT2D eigenvalue weighted by atomic mass is 9.72. The molecule has 2 aliphatic carbocycles. The van der Waals surface area contributed by atoms with E-state index in [0.717, 1.165) is 0 Å². The van der Waals surface area contributed by atoms with Gasteiger partial charge in [-0.3, -0.25) is 18.9 Å². The SMILES string of the molecule is CCOP(=O)(CO[C@@H]1[C@H](C)O[C@@H](O[C@H]2C[C@](O)(C(=O)CO)Cc3c(O)c4c(c(O)c32)C(=O)c2c(OC)cccc2C4=O)C[C@@H]1N)OCC. The lowest BCUT2D eigenvalue weighted by Crippen LogP contribution is -2.54. The molecule has 1 fully saturated rings. The standard InChI is InChI=1S/C32H40NO14P/c1-5-44-48(41,45-6-2)14-43-31-15(3)46-22(10-18(31)33)47-20-12-32(40,21(35)13-34)11-17-24(20)30(39)26-25(28(17)37)27(36)16-8-7-9-19(42-4)23(16)29(26)38/h7-9,15,18,20,22,31,34,37,39-40H,5-6,10-14,33H2,1-4H3/t15-,18-,20-,22-,31+,32-/m0/s1. The average Bonchev–Trinajstić information content (AvgIpc) is 3.04. The Morgan fingerprint density at radius 2 is 1.75 bits per heavy atom. The predicted molar refractivity (Wildman–Crippen MR) is 166 cm³/mol. The van der Waals surface area contributed by atoms with Crippen molar-refractivity contribution in [2.45, 2.75) is 76.3 Å². The number of carbonyl (C=O) groups excluding carboxylic acids is 3. The van der Waals surface area contributed by atoms with Crippen LogP contribution in [0.5, 0.6) is 17.2 Å². The van der Waals surface area contributed by atoms with E-state index in [1.54, 1.807) is 20.8 Å². The quantitative estimate of drug-likeness (QED) is 0.135. The van der Waals surface area contributed by atoms with Crippen molar-refractivity contribution >= 4 is 24.9 Å². The van der Waals surface area contributed by atoms with Crippen LogP contribution in [-0.2, 0) is 39.0 Å². The average molecular weight is 694 g/mol. The second kappa shape index (κ2) is 13.9. The van der Waals surface area contributed by atoms with Gasteiger partial charge in [-0.25, -0.2) is 0 Å². The maximum Gasteiger partial charge on any atom is 0.356 e. The van der Waals surface area contributed by atoms with E-state index in [-0.39, 0.29) is 54.0 Å². The van der Waals surface area contributed by atoms with Gasteiger partial charge in [0.2, 0.25) is 5.78 Å². The molecule has 48 heavy (non-hydrogen) atoms. The van der Waals surface area contributed by atoms with Gasteiger partial charge < -0.3 is 54.2 Å². The van der Waals surface area contributed by atoms with Gasteiger partial charge in [0, 0.05) is 42.0 Å². The highest BCUT2D eigenvalue weighted by atomic mass is 31.2. The summed E-state index contributed by atoms with van der Waals surface area (Å²) in [7, 11) is -2.24. The van der Waals surface area contributed by atoms with Crippen molar-refractivity contribution in [1.82, 2.24) is 0 Å². The van der Waals surface area contributed by atoms with E-state index in [9.17, 15) is 39.4 Å². The topological polar surface area (TPSA) is 231 Å². The maximum absolute atomic E-state index is 13.8. The molecule has 5 rings (SSSR count). The number of methoxy groups -OCH3 is 1. The number of nitrogens with two attached hydrogens (primary N) is 1. The number of Topliss-reactive ketones (excluding diaryl/α,β-unsaturated/α-hetero) is 1. The molecule has 2 aromatic carbocycles. The van der Waals surface area contributed by atoms with E-state index in [1.807, 2.05) is 0 Å². The first-order valence-electron chi connectivity index (χ1n) is 15.5. The number of phenolic OH excluding ortho intramolecular Hbond substituents is 2. The molecule has 0 unspecified atom stereocenters. The third kappa shape index (κ3) is 6.30. The summed E-state index contributed by atoms with van der Waals surface area (Å²) in [5.74, 6) is -3.90.